The lowest BCUT2D eigenvalue weighted by molar-refractivity contribution is 0.0682. The molecule has 120 valence electrons. The third-order valence-corrected chi connectivity index (χ3v) is 3.78. The predicted molar refractivity (Wildman–Crippen MR) is 82.7 cm³/mol. The molecule has 1 saturated heterocycles. The molecule has 6 nitrogen and oxygen atoms in total. The SMILES string of the molecule is COCCNC(=O)c1cncc(C(=O)N2CCCC(C)C2)c1. The highest BCUT2D eigenvalue weighted by molar-refractivity contribution is 5.99. The highest BCUT2D eigenvalue weighted by Crippen LogP contribution is 2.18. The van der Waals surface area contributed by atoms with Crippen molar-refractivity contribution in [2.75, 3.05) is 33.4 Å². The first-order chi connectivity index (χ1) is 10.6. The number of piperidine rings is 1. The van der Waals surface area contributed by atoms with Crippen molar-refractivity contribution in [1.29, 1.82) is 0 Å². The quantitative estimate of drug-likeness (QED) is 0.833. The van der Waals surface area contributed by atoms with E-state index in [2.05, 4.69) is 17.2 Å². The maximum absolute atomic E-state index is 12.5. The Morgan fingerprint density at radius 1 is 1.41 bits per heavy atom. The van der Waals surface area contributed by atoms with Crippen molar-refractivity contribution in [3.05, 3.63) is 29.6 Å². The molecule has 1 N–H and O–H groups in total. The van der Waals surface area contributed by atoms with Crippen LogP contribution in [0.4, 0.5) is 0 Å². The number of likely N-dealkylation sites (tertiary alicyclic amines) is 1. The largest absolute Gasteiger partial charge is 0.383 e. The summed E-state index contributed by atoms with van der Waals surface area (Å²) in [4.78, 5) is 30.4. The van der Waals surface area contributed by atoms with Gasteiger partial charge in [-0.25, -0.2) is 0 Å². The van der Waals surface area contributed by atoms with Gasteiger partial charge in [0.25, 0.3) is 11.8 Å². The van der Waals surface area contributed by atoms with E-state index in [1.807, 2.05) is 4.90 Å². The van der Waals surface area contributed by atoms with E-state index >= 15 is 0 Å². The lowest BCUT2D eigenvalue weighted by Gasteiger charge is -2.30. The van der Waals surface area contributed by atoms with Crippen LogP contribution in [-0.4, -0.2) is 55.0 Å². The van der Waals surface area contributed by atoms with Crippen LogP contribution in [0.2, 0.25) is 0 Å². The number of hydrogen-bond acceptors (Lipinski definition) is 4. The Morgan fingerprint density at radius 2 is 2.18 bits per heavy atom. The van der Waals surface area contributed by atoms with Crippen LogP contribution in [0.5, 0.6) is 0 Å². The Kier molecular flexibility index (Phi) is 5.89. The highest BCUT2D eigenvalue weighted by atomic mass is 16.5. The number of aromatic nitrogens is 1. The van der Waals surface area contributed by atoms with E-state index in [1.54, 1.807) is 13.2 Å². The first-order valence-corrected chi connectivity index (χ1v) is 7.63. The Bertz CT molecular complexity index is 533. The van der Waals surface area contributed by atoms with Gasteiger partial charge in [-0.1, -0.05) is 6.92 Å². The van der Waals surface area contributed by atoms with E-state index in [-0.39, 0.29) is 11.8 Å². The van der Waals surface area contributed by atoms with Crippen molar-refractivity contribution >= 4 is 11.8 Å². The molecule has 0 radical (unpaired) electrons. The molecule has 0 aliphatic carbocycles. The number of ether oxygens (including phenoxy) is 1. The normalized spacial score (nSPS) is 18.1. The molecule has 1 atom stereocenters. The first-order valence-electron chi connectivity index (χ1n) is 7.63. The van der Waals surface area contributed by atoms with E-state index in [1.165, 1.54) is 12.4 Å². The maximum atomic E-state index is 12.5. The molecule has 0 aromatic carbocycles. The predicted octanol–water partition coefficient (Wildman–Crippen LogP) is 1.33. The zero-order valence-corrected chi connectivity index (χ0v) is 13.2. The molecule has 1 aromatic rings. The molecule has 22 heavy (non-hydrogen) atoms. The third-order valence-electron chi connectivity index (χ3n) is 3.78. The molecule has 0 saturated carbocycles. The van der Waals surface area contributed by atoms with Crippen LogP contribution in [0.3, 0.4) is 0 Å². The van der Waals surface area contributed by atoms with Gasteiger partial charge in [0.15, 0.2) is 0 Å². The molecule has 2 heterocycles. The number of carbonyl (C=O) groups excluding carboxylic acids is 2. The Labute approximate surface area is 130 Å². The molecule has 6 heteroatoms. The Morgan fingerprint density at radius 3 is 2.91 bits per heavy atom. The molecule has 1 aliphatic heterocycles. The van der Waals surface area contributed by atoms with Crippen LogP contribution in [0, 0.1) is 5.92 Å². The lowest BCUT2D eigenvalue weighted by atomic mass is 9.99. The molecule has 2 rings (SSSR count). The van der Waals surface area contributed by atoms with Gasteiger partial charge in [0.2, 0.25) is 0 Å². The number of carbonyl (C=O) groups is 2. The van der Waals surface area contributed by atoms with Crippen molar-refractivity contribution in [1.82, 2.24) is 15.2 Å². The summed E-state index contributed by atoms with van der Waals surface area (Å²) in [5, 5.41) is 2.72. The van der Waals surface area contributed by atoms with Crippen LogP contribution < -0.4 is 5.32 Å². The number of hydrogen-bond donors (Lipinski definition) is 1. The highest BCUT2D eigenvalue weighted by Gasteiger charge is 2.22. The molecule has 1 aromatic heterocycles. The van der Waals surface area contributed by atoms with Crippen molar-refractivity contribution in [3.8, 4) is 0 Å². The van der Waals surface area contributed by atoms with Gasteiger partial charge in [-0.05, 0) is 24.8 Å². The third kappa shape index (κ3) is 4.27. The van der Waals surface area contributed by atoms with Gasteiger partial charge < -0.3 is 15.0 Å². The van der Waals surface area contributed by atoms with Gasteiger partial charge in [0.05, 0.1) is 17.7 Å². The molecule has 1 aliphatic rings. The molecular formula is C16H23N3O3. The Balaban J connectivity index is 2.04. The Hall–Kier alpha value is -1.95. The fourth-order valence-corrected chi connectivity index (χ4v) is 2.61. The summed E-state index contributed by atoms with van der Waals surface area (Å²) in [5.74, 6) is 0.225. The molecule has 0 bridgehead atoms. The smallest absolute Gasteiger partial charge is 0.255 e. The number of methoxy groups -OCH3 is 1. The molecule has 1 fully saturated rings. The molecular weight excluding hydrogens is 282 g/mol. The summed E-state index contributed by atoms with van der Waals surface area (Å²) in [6.45, 7) is 4.56. The van der Waals surface area contributed by atoms with E-state index in [0.717, 1.165) is 25.9 Å². The first kappa shape index (κ1) is 16.4. The topological polar surface area (TPSA) is 71.5 Å². The molecule has 1 unspecified atom stereocenters. The van der Waals surface area contributed by atoms with Crippen LogP contribution in [0.1, 0.15) is 40.5 Å². The van der Waals surface area contributed by atoms with Crippen LogP contribution in [-0.2, 0) is 4.74 Å². The summed E-state index contributed by atoms with van der Waals surface area (Å²) in [6.07, 6.45) is 5.17. The number of rotatable bonds is 5. The second-order valence-corrected chi connectivity index (χ2v) is 5.71. The van der Waals surface area contributed by atoms with Gasteiger partial charge in [0, 0.05) is 39.1 Å². The van der Waals surface area contributed by atoms with Crippen molar-refractivity contribution in [2.24, 2.45) is 5.92 Å². The summed E-state index contributed by atoms with van der Waals surface area (Å²) in [7, 11) is 1.58. The second kappa shape index (κ2) is 7.89. The second-order valence-electron chi connectivity index (χ2n) is 5.71. The monoisotopic (exact) mass is 305 g/mol. The summed E-state index contributed by atoms with van der Waals surface area (Å²) < 4.78 is 4.89. The van der Waals surface area contributed by atoms with Gasteiger partial charge >= 0.3 is 0 Å². The summed E-state index contributed by atoms with van der Waals surface area (Å²) in [5.41, 5.74) is 0.862. The van der Waals surface area contributed by atoms with Crippen molar-refractivity contribution in [2.45, 2.75) is 19.8 Å². The van der Waals surface area contributed by atoms with Crippen LogP contribution in [0.25, 0.3) is 0 Å². The minimum atomic E-state index is -0.244. The number of pyridine rings is 1. The number of nitrogens with one attached hydrogen (secondary N) is 1. The average Bonchev–Trinajstić information content (AvgIpc) is 2.54. The average molecular weight is 305 g/mol. The summed E-state index contributed by atoms with van der Waals surface area (Å²) in [6, 6.07) is 1.61. The van der Waals surface area contributed by atoms with Crippen LogP contribution in [0.15, 0.2) is 18.5 Å². The fourth-order valence-electron chi connectivity index (χ4n) is 2.61. The van der Waals surface area contributed by atoms with E-state index < -0.39 is 0 Å². The van der Waals surface area contributed by atoms with Gasteiger partial charge in [-0.3, -0.25) is 14.6 Å². The summed E-state index contributed by atoms with van der Waals surface area (Å²) >= 11 is 0. The molecule has 0 spiro atoms. The van der Waals surface area contributed by atoms with Gasteiger partial charge in [-0.15, -0.1) is 0 Å². The number of amides is 2. The standard InChI is InChI=1S/C16H23N3O3/c1-12-4-3-6-19(11-12)16(21)14-8-13(9-17-10-14)15(20)18-5-7-22-2/h8-10,12H,3-7,11H2,1-2H3,(H,18,20). The van der Waals surface area contributed by atoms with Crippen molar-refractivity contribution < 1.29 is 14.3 Å². The minimum Gasteiger partial charge on any atom is -0.383 e. The number of nitrogens with zero attached hydrogens (tertiary/aromatic N) is 2. The van der Waals surface area contributed by atoms with E-state index in [4.69, 9.17) is 4.74 Å². The van der Waals surface area contributed by atoms with Gasteiger partial charge in [0.1, 0.15) is 0 Å². The van der Waals surface area contributed by atoms with E-state index in [0.29, 0.717) is 30.2 Å². The lowest BCUT2D eigenvalue weighted by Crippen LogP contribution is -2.39. The maximum Gasteiger partial charge on any atom is 0.255 e. The van der Waals surface area contributed by atoms with E-state index in [9.17, 15) is 9.59 Å². The van der Waals surface area contributed by atoms with Crippen LogP contribution >= 0.6 is 0 Å². The zero-order valence-electron chi connectivity index (χ0n) is 13.2. The molecule has 2 amide bonds. The van der Waals surface area contributed by atoms with Gasteiger partial charge in [-0.2, -0.15) is 0 Å². The van der Waals surface area contributed by atoms with Crippen molar-refractivity contribution in [3.63, 3.8) is 0 Å². The fraction of sp³-hybridized carbons (Fsp3) is 0.562. The zero-order chi connectivity index (χ0) is 15.9. The minimum absolute atomic E-state index is 0.0504.